The highest BCUT2D eigenvalue weighted by Crippen LogP contribution is 2.36. The van der Waals surface area contributed by atoms with Crippen molar-refractivity contribution in [3.63, 3.8) is 0 Å². The van der Waals surface area contributed by atoms with Crippen LogP contribution in [0.4, 0.5) is 0 Å². The molecule has 0 amide bonds. The maximum atomic E-state index is 11.7. The van der Waals surface area contributed by atoms with Gasteiger partial charge < -0.3 is 9.88 Å². The van der Waals surface area contributed by atoms with E-state index >= 15 is 0 Å². The molecule has 1 fully saturated rings. The van der Waals surface area contributed by atoms with E-state index in [0.29, 0.717) is 17.8 Å². The van der Waals surface area contributed by atoms with Crippen LogP contribution in [-0.4, -0.2) is 17.7 Å². The third-order valence-electron chi connectivity index (χ3n) is 4.03. The predicted molar refractivity (Wildman–Crippen MR) is 59.0 cm³/mol. The van der Waals surface area contributed by atoms with Gasteiger partial charge in [0.1, 0.15) is 0 Å². The number of nitrogens with one attached hydrogen (secondary N) is 1. The third-order valence-corrected chi connectivity index (χ3v) is 4.03. The Morgan fingerprint density at radius 3 is 3.13 bits per heavy atom. The Labute approximate surface area is 89.1 Å². The first kappa shape index (κ1) is 9.16. The van der Waals surface area contributed by atoms with Crippen molar-refractivity contribution in [2.24, 2.45) is 11.8 Å². The van der Waals surface area contributed by atoms with Gasteiger partial charge in [-0.2, -0.15) is 0 Å². The van der Waals surface area contributed by atoms with E-state index in [0.717, 1.165) is 19.6 Å². The first-order chi connectivity index (χ1) is 7.27. The van der Waals surface area contributed by atoms with Gasteiger partial charge in [-0.15, -0.1) is 0 Å². The van der Waals surface area contributed by atoms with Crippen molar-refractivity contribution in [3.05, 3.63) is 34.2 Å². The lowest BCUT2D eigenvalue weighted by Gasteiger charge is -2.42. The van der Waals surface area contributed by atoms with Gasteiger partial charge in [0.2, 0.25) is 0 Å². The molecule has 3 rings (SSSR count). The van der Waals surface area contributed by atoms with Crippen LogP contribution in [0.1, 0.15) is 18.5 Å². The molecule has 1 aromatic heterocycles. The normalized spacial score (nSPS) is 33.5. The predicted octanol–water partition coefficient (Wildman–Crippen LogP) is 0.801. The Kier molecular flexibility index (Phi) is 1.96. The van der Waals surface area contributed by atoms with E-state index in [4.69, 9.17) is 0 Å². The van der Waals surface area contributed by atoms with E-state index in [1.165, 1.54) is 5.69 Å². The summed E-state index contributed by atoms with van der Waals surface area (Å²) in [7, 11) is 0. The van der Waals surface area contributed by atoms with Gasteiger partial charge in [-0.1, -0.05) is 13.0 Å². The Morgan fingerprint density at radius 1 is 1.40 bits per heavy atom. The van der Waals surface area contributed by atoms with E-state index in [1.807, 2.05) is 10.6 Å². The summed E-state index contributed by atoms with van der Waals surface area (Å²) in [6, 6.07) is 5.66. The Hall–Kier alpha value is -1.09. The van der Waals surface area contributed by atoms with Crippen LogP contribution in [0.15, 0.2) is 23.0 Å². The molecular weight excluding hydrogens is 188 g/mol. The van der Waals surface area contributed by atoms with Crippen molar-refractivity contribution in [2.45, 2.75) is 19.4 Å². The summed E-state index contributed by atoms with van der Waals surface area (Å²) >= 11 is 0. The van der Waals surface area contributed by atoms with Gasteiger partial charge >= 0.3 is 0 Å². The molecule has 0 radical (unpaired) electrons. The van der Waals surface area contributed by atoms with E-state index in [1.54, 1.807) is 6.07 Å². The first-order valence-corrected chi connectivity index (χ1v) is 5.68. The molecule has 2 bridgehead atoms. The van der Waals surface area contributed by atoms with Crippen molar-refractivity contribution in [1.82, 2.24) is 9.88 Å². The van der Waals surface area contributed by atoms with Crippen LogP contribution in [0.25, 0.3) is 0 Å². The maximum Gasteiger partial charge on any atom is 0.250 e. The second-order valence-corrected chi connectivity index (χ2v) is 4.78. The van der Waals surface area contributed by atoms with Crippen LogP contribution >= 0.6 is 0 Å². The molecule has 3 heteroatoms. The lowest BCUT2D eigenvalue weighted by Crippen LogP contribution is -2.49. The number of pyridine rings is 1. The van der Waals surface area contributed by atoms with E-state index in [-0.39, 0.29) is 5.56 Å². The summed E-state index contributed by atoms with van der Waals surface area (Å²) in [5.41, 5.74) is 1.38. The van der Waals surface area contributed by atoms with Crippen molar-refractivity contribution in [2.75, 3.05) is 13.1 Å². The van der Waals surface area contributed by atoms with Crippen molar-refractivity contribution < 1.29 is 0 Å². The minimum absolute atomic E-state index is 0.163. The second kappa shape index (κ2) is 3.20. The fourth-order valence-electron chi connectivity index (χ4n) is 3.02. The van der Waals surface area contributed by atoms with Crippen LogP contribution in [0.3, 0.4) is 0 Å². The van der Waals surface area contributed by atoms with Crippen LogP contribution in [0.5, 0.6) is 0 Å². The molecule has 15 heavy (non-hydrogen) atoms. The zero-order valence-electron chi connectivity index (χ0n) is 8.94. The molecule has 80 valence electrons. The molecule has 0 saturated carbocycles. The highest BCUT2D eigenvalue weighted by atomic mass is 16.1. The largest absolute Gasteiger partial charge is 0.316 e. The maximum absolute atomic E-state index is 11.7. The summed E-state index contributed by atoms with van der Waals surface area (Å²) < 4.78 is 1.97. The highest BCUT2D eigenvalue weighted by Gasteiger charge is 2.36. The lowest BCUT2D eigenvalue weighted by atomic mass is 9.75. The molecule has 2 aliphatic heterocycles. The molecule has 1 aromatic rings. The molecule has 0 aromatic carbocycles. The first-order valence-electron chi connectivity index (χ1n) is 5.68. The van der Waals surface area contributed by atoms with Crippen LogP contribution < -0.4 is 10.9 Å². The molecular formula is C12H16N2O. The number of hydrogen-bond acceptors (Lipinski definition) is 2. The zero-order chi connectivity index (χ0) is 10.4. The van der Waals surface area contributed by atoms with Gasteiger partial charge in [0.25, 0.3) is 5.56 Å². The number of aromatic nitrogens is 1. The Morgan fingerprint density at radius 2 is 2.27 bits per heavy atom. The van der Waals surface area contributed by atoms with Gasteiger partial charge in [0.05, 0.1) is 0 Å². The van der Waals surface area contributed by atoms with Gasteiger partial charge in [0.15, 0.2) is 0 Å². The van der Waals surface area contributed by atoms with Gasteiger partial charge in [0, 0.05) is 30.8 Å². The topological polar surface area (TPSA) is 34.0 Å². The summed E-state index contributed by atoms with van der Waals surface area (Å²) in [6.45, 7) is 5.27. The average molecular weight is 204 g/mol. The van der Waals surface area contributed by atoms with E-state index < -0.39 is 0 Å². The standard InChI is InChI=1S/C12H16N2O/c1-8-9-5-13-6-10(8)11-3-2-4-12(15)14(11)7-9/h2-4,8-10,13H,5-7H2,1H3. The van der Waals surface area contributed by atoms with Crippen LogP contribution in [0.2, 0.25) is 0 Å². The molecule has 0 aliphatic carbocycles. The number of piperidine rings is 1. The monoisotopic (exact) mass is 204 g/mol. The zero-order valence-corrected chi connectivity index (χ0v) is 8.94. The minimum Gasteiger partial charge on any atom is -0.316 e. The molecule has 0 spiro atoms. The van der Waals surface area contributed by atoms with Gasteiger partial charge in [-0.05, 0) is 24.4 Å². The molecule has 3 heterocycles. The minimum atomic E-state index is 0.163. The smallest absolute Gasteiger partial charge is 0.250 e. The summed E-state index contributed by atoms with van der Waals surface area (Å²) in [4.78, 5) is 11.7. The Bertz CT molecular complexity index is 437. The number of rotatable bonds is 0. The molecule has 3 nitrogen and oxygen atoms in total. The molecule has 3 unspecified atom stereocenters. The second-order valence-electron chi connectivity index (χ2n) is 4.78. The average Bonchev–Trinajstić information content (AvgIpc) is 2.20. The fraction of sp³-hybridized carbons (Fsp3) is 0.583. The highest BCUT2D eigenvalue weighted by molar-refractivity contribution is 5.18. The molecule has 1 N–H and O–H groups in total. The van der Waals surface area contributed by atoms with Crippen molar-refractivity contribution >= 4 is 0 Å². The van der Waals surface area contributed by atoms with Crippen molar-refractivity contribution in [3.8, 4) is 0 Å². The summed E-state index contributed by atoms with van der Waals surface area (Å²) in [6.07, 6.45) is 0. The lowest BCUT2D eigenvalue weighted by molar-refractivity contribution is 0.173. The van der Waals surface area contributed by atoms with Crippen LogP contribution in [0, 0.1) is 11.8 Å². The third kappa shape index (κ3) is 1.26. The molecule has 1 saturated heterocycles. The quantitative estimate of drug-likeness (QED) is 0.678. The number of hydrogen-bond donors (Lipinski definition) is 1. The van der Waals surface area contributed by atoms with Gasteiger partial charge in [-0.25, -0.2) is 0 Å². The van der Waals surface area contributed by atoms with Crippen molar-refractivity contribution in [1.29, 1.82) is 0 Å². The molecule has 3 atom stereocenters. The van der Waals surface area contributed by atoms with E-state index in [9.17, 15) is 4.79 Å². The summed E-state index contributed by atoms with van der Waals surface area (Å²) in [5, 5.41) is 3.46. The fourth-order valence-corrected chi connectivity index (χ4v) is 3.02. The Balaban J connectivity index is 2.16. The number of fused-ring (bicyclic) bond motifs is 4. The molecule has 2 aliphatic rings. The van der Waals surface area contributed by atoms with Gasteiger partial charge in [-0.3, -0.25) is 4.79 Å². The van der Waals surface area contributed by atoms with E-state index in [2.05, 4.69) is 18.3 Å². The van der Waals surface area contributed by atoms with Crippen LogP contribution in [-0.2, 0) is 6.54 Å². The SMILES string of the molecule is CC1C2CNCC1c1cccc(=O)n1C2. The number of nitrogens with zero attached hydrogens (tertiary/aromatic N) is 1. The summed E-state index contributed by atoms with van der Waals surface area (Å²) in [5.74, 6) is 1.84.